The van der Waals surface area contributed by atoms with Crippen molar-refractivity contribution >= 4 is 17.7 Å². The summed E-state index contributed by atoms with van der Waals surface area (Å²) in [5.74, 6) is -0.721. The van der Waals surface area contributed by atoms with Crippen LogP contribution in [0.2, 0.25) is 0 Å². The van der Waals surface area contributed by atoms with E-state index in [-0.39, 0.29) is 47.3 Å². The molecule has 0 amide bonds. The van der Waals surface area contributed by atoms with Gasteiger partial charge in [-0.3, -0.25) is 14.4 Å². The molecule has 18 heavy (non-hydrogen) atoms. The van der Waals surface area contributed by atoms with Crippen molar-refractivity contribution in [3.8, 4) is 0 Å². The second-order valence-electron chi connectivity index (χ2n) is 5.86. The van der Waals surface area contributed by atoms with Crippen LogP contribution in [0.1, 0.15) is 39.0 Å². The van der Waals surface area contributed by atoms with Crippen molar-refractivity contribution < 1.29 is 19.1 Å². The van der Waals surface area contributed by atoms with Crippen LogP contribution in [-0.4, -0.2) is 17.7 Å². The number of unbranched alkanes of at least 4 members (excludes halogenated alkanes) is 1. The quantitative estimate of drug-likeness (QED) is 0.563. The molecule has 0 N–H and O–H groups in total. The number of cyclic esters (lactones) is 2. The van der Waals surface area contributed by atoms with E-state index in [1.807, 2.05) is 0 Å². The fourth-order valence-electron chi connectivity index (χ4n) is 4.16. The van der Waals surface area contributed by atoms with Gasteiger partial charge in [-0.1, -0.05) is 13.3 Å². The Kier molecular flexibility index (Phi) is 2.76. The van der Waals surface area contributed by atoms with Gasteiger partial charge in [-0.2, -0.15) is 0 Å². The zero-order valence-electron chi connectivity index (χ0n) is 10.6. The predicted molar refractivity (Wildman–Crippen MR) is 62.3 cm³/mol. The predicted octanol–water partition coefficient (Wildman–Crippen LogP) is 1.72. The lowest BCUT2D eigenvalue weighted by molar-refractivity contribution is -0.154. The Morgan fingerprint density at radius 2 is 1.94 bits per heavy atom. The molecule has 5 unspecified atom stereocenters. The molecular weight excluding hydrogens is 232 g/mol. The molecule has 1 aliphatic heterocycles. The normalized spacial score (nSPS) is 41.1. The smallest absolute Gasteiger partial charge is 0.317 e. The van der Waals surface area contributed by atoms with Crippen LogP contribution < -0.4 is 0 Å². The fourth-order valence-corrected chi connectivity index (χ4v) is 4.16. The summed E-state index contributed by atoms with van der Waals surface area (Å²) < 4.78 is 4.73. The Morgan fingerprint density at radius 3 is 2.67 bits per heavy atom. The van der Waals surface area contributed by atoms with E-state index >= 15 is 0 Å². The molecule has 1 saturated heterocycles. The molecule has 0 aromatic carbocycles. The van der Waals surface area contributed by atoms with Crippen molar-refractivity contribution in [1.29, 1.82) is 0 Å². The van der Waals surface area contributed by atoms with Crippen LogP contribution >= 0.6 is 0 Å². The van der Waals surface area contributed by atoms with Gasteiger partial charge in [0.1, 0.15) is 5.78 Å². The minimum absolute atomic E-state index is 0.00116. The number of Topliss-reactive ketones (excluding diaryl/α,β-unsaturated/α-hetero) is 1. The Morgan fingerprint density at radius 1 is 1.22 bits per heavy atom. The van der Waals surface area contributed by atoms with Crippen LogP contribution in [-0.2, 0) is 19.1 Å². The topological polar surface area (TPSA) is 60.4 Å². The van der Waals surface area contributed by atoms with Gasteiger partial charge in [0.05, 0.1) is 11.8 Å². The lowest BCUT2D eigenvalue weighted by atomic mass is 9.73. The SMILES string of the molecule is CCCCC(=O)C1CC2CC1C1C(=O)OC(=O)C21. The highest BCUT2D eigenvalue weighted by atomic mass is 16.6. The molecule has 4 nitrogen and oxygen atoms in total. The molecule has 0 radical (unpaired) electrons. The van der Waals surface area contributed by atoms with Gasteiger partial charge in [0.2, 0.25) is 0 Å². The maximum absolute atomic E-state index is 12.1. The largest absolute Gasteiger partial charge is 0.393 e. The van der Waals surface area contributed by atoms with E-state index in [1.165, 1.54) is 0 Å². The molecular formula is C14H18O4. The molecule has 2 saturated carbocycles. The van der Waals surface area contributed by atoms with Gasteiger partial charge in [0.25, 0.3) is 0 Å². The minimum Gasteiger partial charge on any atom is -0.393 e. The van der Waals surface area contributed by atoms with Crippen molar-refractivity contribution in [1.82, 2.24) is 0 Å². The molecule has 3 aliphatic rings. The zero-order valence-corrected chi connectivity index (χ0v) is 10.6. The number of carbonyl (C=O) groups excluding carboxylic acids is 3. The van der Waals surface area contributed by atoms with E-state index in [9.17, 15) is 14.4 Å². The summed E-state index contributed by atoms with van der Waals surface area (Å²) in [4.78, 5) is 35.4. The van der Waals surface area contributed by atoms with E-state index in [0.29, 0.717) is 6.42 Å². The van der Waals surface area contributed by atoms with Crippen molar-refractivity contribution in [2.75, 3.05) is 0 Å². The van der Waals surface area contributed by atoms with Gasteiger partial charge in [-0.25, -0.2) is 0 Å². The zero-order chi connectivity index (χ0) is 12.9. The van der Waals surface area contributed by atoms with Crippen molar-refractivity contribution in [3.05, 3.63) is 0 Å². The number of esters is 2. The molecule has 98 valence electrons. The Labute approximate surface area is 106 Å². The number of hydrogen-bond donors (Lipinski definition) is 0. The highest BCUT2D eigenvalue weighted by Gasteiger charge is 2.63. The molecule has 4 heteroatoms. The summed E-state index contributed by atoms with van der Waals surface area (Å²) in [5, 5.41) is 0. The van der Waals surface area contributed by atoms with Crippen LogP contribution in [0.3, 0.4) is 0 Å². The van der Waals surface area contributed by atoms with Crippen LogP contribution in [0.25, 0.3) is 0 Å². The van der Waals surface area contributed by atoms with Crippen LogP contribution in [0.5, 0.6) is 0 Å². The summed E-state index contributed by atoms with van der Waals surface area (Å²) in [5.41, 5.74) is 0. The standard InChI is InChI=1S/C14H18O4/c1-2-3-4-10(15)8-5-7-6-9(8)12-11(7)13(16)18-14(12)17/h7-9,11-12H,2-6H2,1H3. The van der Waals surface area contributed by atoms with Gasteiger partial charge in [-0.05, 0) is 31.1 Å². The number of ketones is 1. The summed E-state index contributed by atoms with van der Waals surface area (Å²) >= 11 is 0. The molecule has 2 aliphatic carbocycles. The van der Waals surface area contributed by atoms with Crippen molar-refractivity contribution in [2.45, 2.75) is 39.0 Å². The average Bonchev–Trinajstić information content (AvgIpc) is 2.99. The molecule has 1 heterocycles. The Bertz CT molecular complexity index is 414. The highest BCUT2D eigenvalue weighted by Crippen LogP contribution is 2.58. The van der Waals surface area contributed by atoms with Gasteiger partial charge >= 0.3 is 11.9 Å². The molecule has 2 bridgehead atoms. The first kappa shape index (κ1) is 11.9. The van der Waals surface area contributed by atoms with Crippen LogP contribution in [0.4, 0.5) is 0 Å². The van der Waals surface area contributed by atoms with Gasteiger partial charge in [-0.15, -0.1) is 0 Å². The van der Waals surface area contributed by atoms with E-state index in [4.69, 9.17) is 4.74 Å². The molecule has 0 aromatic rings. The van der Waals surface area contributed by atoms with Gasteiger partial charge in [0.15, 0.2) is 0 Å². The summed E-state index contributed by atoms with van der Waals surface area (Å²) in [6.45, 7) is 2.07. The maximum Gasteiger partial charge on any atom is 0.317 e. The number of ether oxygens (including phenoxy) is 1. The summed E-state index contributed by atoms with van der Waals surface area (Å²) in [7, 11) is 0. The highest BCUT2D eigenvalue weighted by molar-refractivity contribution is 5.98. The van der Waals surface area contributed by atoms with E-state index < -0.39 is 0 Å². The Hall–Kier alpha value is -1.19. The number of fused-ring (bicyclic) bond motifs is 5. The molecule has 3 fully saturated rings. The second kappa shape index (κ2) is 4.18. The van der Waals surface area contributed by atoms with E-state index in [2.05, 4.69) is 6.92 Å². The van der Waals surface area contributed by atoms with Crippen molar-refractivity contribution in [2.24, 2.45) is 29.6 Å². The first-order valence-corrected chi connectivity index (χ1v) is 6.91. The monoisotopic (exact) mass is 250 g/mol. The number of rotatable bonds is 4. The third-order valence-corrected chi connectivity index (χ3v) is 4.94. The first-order valence-electron chi connectivity index (χ1n) is 6.91. The lowest BCUT2D eigenvalue weighted by Crippen LogP contribution is -2.33. The minimum atomic E-state index is -0.384. The lowest BCUT2D eigenvalue weighted by Gasteiger charge is -2.26. The Balaban J connectivity index is 1.75. The van der Waals surface area contributed by atoms with Crippen LogP contribution in [0.15, 0.2) is 0 Å². The van der Waals surface area contributed by atoms with E-state index in [0.717, 1.165) is 25.7 Å². The third kappa shape index (κ3) is 1.54. The van der Waals surface area contributed by atoms with Crippen molar-refractivity contribution in [3.63, 3.8) is 0 Å². The summed E-state index contributed by atoms with van der Waals surface area (Å²) in [6.07, 6.45) is 4.20. The second-order valence-corrected chi connectivity index (χ2v) is 5.86. The first-order chi connectivity index (χ1) is 8.63. The summed E-state index contributed by atoms with van der Waals surface area (Å²) in [6, 6.07) is 0. The third-order valence-electron chi connectivity index (χ3n) is 4.94. The molecule has 0 spiro atoms. The molecule has 0 aromatic heterocycles. The van der Waals surface area contributed by atoms with Gasteiger partial charge in [0, 0.05) is 12.3 Å². The number of hydrogen-bond acceptors (Lipinski definition) is 4. The molecule has 3 rings (SSSR count). The van der Waals surface area contributed by atoms with E-state index in [1.54, 1.807) is 0 Å². The van der Waals surface area contributed by atoms with Gasteiger partial charge < -0.3 is 4.74 Å². The van der Waals surface area contributed by atoms with Crippen LogP contribution in [0, 0.1) is 29.6 Å². The fraction of sp³-hybridized carbons (Fsp3) is 0.786. The average molecular weight is 250 g/mol. The molecule has 5 atom stereocenters. The number of carbonyl (C=O) groups is 3. The maximum atomic E-state index is 12.1.